The number of thiazole rings is 1. The summed E-state index contributed by atoms with van der Waals surface area (Å²) in [4.78, 5) is 44.6. The first kappa shape index (κ1) is 33.0. The van der Waals surface area contributed by atoms with E-state index in [1.165, 1.54) is 29.1 Å². The second kappa shape index (κ2) is 14.4. The molecule has 0 radical (unpaired) electrons. The van der Waals surface area contributed by atoms with Gasteiger partial charge in [-0.3, -0.25) is 9.36 Å². The van der Waals surface area contributed by atoms with Crippen LogP contribution >= 0.6 is 11.3 Å². The van der Waals surface area contributed by atoms with Crippen molar-refractivity contribution in [3.8, 4) is 17.2 Å². The van der Waals surface area contributed by atoms with Crippen molar-refractivity contribution >= 4 is 35.0 Å². The number of carbonyl (C=O) groups is 2. The Labute approximate surface area is 285 Å². The number of aromatic carboxylic acids is 1. The number of carboxylic acid groups (broad SMARTS) is 1. The Balaban J connectivity index is 1.45. The highest BCUT2D eigenvalue weighted by Crippen LogP contribution is 2.36. The maximum Gasteiger partial charge on any atom is 0.338 e. The van der Waals surface area contributed by atoms with E-state index in [0.717, 1.165) is 0 Å². The van der Waals surface area contributed by atoms with E-state index >= 15 is 0 Å². The monoisotopic (exact) mass is 676 g/mol. The van der Waals surface area contributed by atoms with Gasteiger partial charge >= 0.3 is 11.9 Å². The molecule has 1 atom stereocenters. The third-order valence-corrected chi connectivity index (χ3v) is 8.82. The lowest BCUT2D eigenvalue weighted by atomic mass is 9.93. The van der Waals surface area contributed by atoms with Crippen molar-refractivity contribution in [3.63, 3.8) is 0 Å². The topological polar surface area (TPSA) is 126 Å². The van der Waals surface area contributed by atoms with E-state index in [9.17, 15) is 19.5 Å². The fourth-order valence-electron chi connectivity index (χ4n) is 5.57. The molecular formula is C38H32N2O8S. The standard InChI is InChI=1S/C38H32N2O8S/c1-4-47-37(44)32-33(25-11-6-5-7-12-25)39-38-40(34(32)26-13-9-15-28(21-26)45-2)35(41)31(49-38)20-23-16-17-29(30(19-23)46-3)48-22-24-10-8-14-27(18-24)36(42)43/h5-21,34H,4,22H2,1-3H3,(H,42,43)/b31-20-/t34-/m1/s1. The van der Waals surface area contributed by atoms with Crippen molar-refractivity contribution < 1.29 is 33.6 Å². The predicted octanol–water partition coefficient (Wildman–Crippen LogP) is 5.23. The molecule has 0 saturated carbocycles. The zero-order chi connectivity index (χ0) is 34.5. The molecule has 0 saturated heterocycles. The molecule has 0 aliphatic carbocycles. The lowest BCUT2D eigenvalue weighted by Gasteiger charge is -2.26. The third-order valence-electron chi connectivity index (χ3n) is 7.84. The van der Waals surface area contributed by atoms with Gasteiger partial charge in [0.05, 0.1) is 48.2 Å². The van der Waals surface area contributed by atoms with Crippen LogP contribution in [-0.4, -0.2) is 42.4 Å². The van der Waals surface area contributed by atoms with Gasteiger partial charge in [0.15, 0.2) is 16.3 Å². The molecule has 2 heterocycles. The van der Waals surface area contributed by atoms with Crippen molar-refractivity contribution in [2.75, 3.05) is 20.8 Å². The normalized spacial score (nSPS) is 14.1. The van der Waals surface area contributed by atoms with Crippen molar-refractivity contribution in [1.82, 2.24) is 4.57 Å². The van der Waals surface area contributed by atoms with E-state index < -0.39 is 18.0 Å². The number of methoxy groups -OCH3 is 2. The van der Waals surface area contributed by atoms with Crippen LogP contribution < -0.4 is 29.1 Å². The summed E-state index contributed by atoms with van der Waals surface area (Å²) in [5.41, 5.74) is 3.26. The van der Waals surface area contributed by atoms with Crippen LogP contribution in [0.2, 0.25) is 0 Å². The summed E-state index contributed by atoms with van der Waals surface area (Å²) >= 11 is 1.21. The minimum absolute atomic E-state index is 0.131. The first-order valence-electron chi connectivity index (χ1n) is 15.4. The van der Waals surface area contributed by atoms with E-state index in [0.29, 0.717) is 54.5 Å². The summed E-state index contributed by atoms with van der Waals surface area (Å²) in [6.45, 7) is 2.01. The number of fused-ring (bicyclic) bond motifs is 1. The number of rotatable bonds is 11. The molecule has 6 rings (SSSR count). The van der Waals surface area contributed by atoms with Crippen LogP contribution in [-0.2, 0) is 16.1 Å². The molecule has 5 aromatic rings. The first-order chi connectivity index (χ1) is 23.8. The summed E-state index contributed by atoms with van der Waals surface area (Å²) in [6, 6.07) is 27.6. The van der Waals surface area contributed by atoms with Crippen LogP contribution in [0.1, 0.15) is 45.6 Å². The highest BCUT2D eigenvalue weighted by atomic mass is 32.1. The van der Waals surface area contributed by atoms with Gasteiger partial charge in [-0.05, 0) is 66.1 Å². The van der Waals surface area contributed by atoms with Gasteiger partial charge in [-0.2, -0.15) is 0 Å². The van der Waals surface area contributed by atoms with Gasteiger partial charge in [-0.1, -0.05) is 72.0 Å². The van der Waals surface area contributed by atoms with Crippen molar-refractivity contribution in [3.05, 3.63) is 150 Å². The summed E-state index contributed by atoms with van der Waals surface area (Å²) in [7, 11) is 3.07. The molecule has 10 nitrogen and oxygen atoms in total. The van der Waals surface area contributed by atoms with E-state index in [-0.39, 0.29) is 29.9 Å². The summed E-state index contributed by atoms with van der Waals surface area (Å²) < 4.78 is 24.5. The number of hydrogen-bond donors (Lipinski definition) is 1. The number of aromatic nitrogens is 1. The van der Waals surface area contributed by atoms with E-state index in [1.54, 1.807) is 68.6 Å². The Kier molecular flexibility index (Phi) is 9.72. The van der Waals surface area contributed by atoms with Gasteiger partial charge in [0, 0.05) is 5.56 Å². The van der Waals surface area contributed by atoms with E-state index in [1.807, 2.05) is 42.5 Å². The second-order valence-electron chi connectivity index (χ2n) is 10.9. The first-order valence-corrected chi connectivity index (χ1v) is 16.2. The largest absolute Gasteiger partial charge is 0.497 e. The molecule has 1 aliphatic rings. The van der Waals surface area contributed by atoms with E-state index in [4.69, 9.17) is 23.9 Å². The second-order valence-corrected chi connectivity index (χ2v) is 11.9. The molecule has 1 aromatic heterocycles. The molecule has 49 heavy (non-hydrogen) atoms. The molecule has 0 unspecified atom stereocenters. The number of nitrogens with zero attached hydrogens (tertiary/aromatic N) is 2. The quantitative estimate of drug-likeness (QED) is 0.189. The molecule has 11 heteroatoms. The molecule has 0 fully saturated rings. The average Bonchev–Trinajstić information content (AvgIpc) is 3.44. The fraction of sp³-hybridized carbons (Fsp3) is 0.158. The number of carbonyl (C=O) groups excluding carboxylic acids is 1. The molecule has 0 amide bonds. The average molecular weight is 677 g/mol. The smallest absolute Gasteiger partial charge is 0.338 e. The summed E-state index contributed by atoms with van der Waals surface area (Å²) in [5, 5.41) is 9.30. The van der Waals surface area contributed by atoms with Crippen LogP contribution in [0.3, 0.4) is 0 Å². The molecule has 4 aromatic carbocycles. The lowest BCUT2D eigenvalue weighted by Crippen LogP contribution is -2.40. The Morgan fingerprint density at radius 3 is 2.45 bits per heavy atom. The molecule has 248 valence electrons. The van der Waals surface area contributed by atoms with Gasteiger partial charge in [0.25, 0.3) is 5.56 Å². The van der Waals surface area contributed by atoms with Gasteiger partial charge in [-0.15, -0.1) is 0 Å². The van der Waals surface area contributed by atoms with Gasteiger partial charge in [0.1, 0.15) is 12.4 Å². The number of carboxylic acids is 1. The van der Waals surface area contributed by atoms with Crippen LogP contribution in [0.15, 0.2) is 112 Å². The van der Waals surface area contributed by atoms with Gasteiger partial charge in [0.2, 0.25) is 0 Å². The Bertz CT molecular complexity index is 2260. The molecule has 1 N–H and O–H groups in total. The Hall–Kier alpha value is -5.94. The van der Waals surface area contributed by atoms with E-state index in [2.05, 4.69) is 0 Å². The zero-order valence-corrected chi connectivity index (χ0v) is 27.7. The summed E-state index contributed by atoms with van der Waals surface area (Å²) in [6.07, 6.45) is 1.74. The van der Waals surface area contributed by atoms with Crippen LogP contribution in [0.25, 0.3) is 11.8 Å². The minimum Gasteiger partial charge on any atom is -0.497 e. The van der Waals surface area contributed by atoms with Crippen LogP contribution in [0.4, 0.5) is 0 Å². The Morgan fingerprint density at radius 2 is 1.71 bits per heavy atom. The molecule has 0 spiro atoms. The SMILES string of the molecule is CCOC(=O)C1=C(c2ccccc2)N=c2s/c(=C\c3ccc(OCc4cccc(C(=O)O)c4)c(OC)c3)c(=O)n2[C@@H]1c1cccc(OC)c1. The lowest BCUT2D eigenvalue weighted by molar-refractivity contribution is -0.138. The maximum absolute atomic E-state index is 14.3. The van der Waals surface area contributed by atoms with Crippen molar-refractivity contribution in [2.45, 2.75) is 19.6 Å². The maximum atomic E-state index is 14.3. The zero-order valence-electron chi connectivity index (χ0n) is 26.9. The minimum atomic E-state index is -1.02. The molecular weight excluding hydrogens is 644 g/mol. The fourth-order valence-corrected chi connectivity index (χ4v) is 6.57. The van der Waals surface area contributed by atoms with Gasteiger partial charge < -0.3 is 24.1 Å². The van der Waals surface area contributed by atoms with Crippen molar-refractivity contribution in [2.24, 2.45) is 4.99 Å². The third kappa shape index (κ3) is 6.88. The van der Waals surface area contributed by atoms with Gasteiger partial charge in [-0.25, -0.2) is 14.6 Å². The molecule has 1 aliphatic heterocycles. The van der Waals surface area contributed by atoms with Crippen molar-refractivity contribution in [1.29, 1.82) is 0 Å². The number of esters is 1. The molecule has 0 bridgehead atoms. The number of hydrogen-bond acceptors (Lipinski definition) is 9. The highest BCUT2D eigenvalue weighted by molar-refractivity contribution is 7.07. The highest BCUT2D eigenvalue weighted by Gasteiger charge is 2.35. The van der Waals surface area contributed by atoms with Crippen LogP contribution in [0, 0.1) is 0 Å². The predicted molar refractivity (Wildman–Crippen MR) is 185 cm³/mol. The number of ether oxygens (including phenoxy) is 4. The van der Waals surface area contributed by atoms with Crippen LogP contribution in [0.5, 0.6) is 17.2 Å². The number of benzene rings is 4. The summed E-state index contributed by atoms with van der Waals surface area (Å²) in [5.74, 6) is -0.128. The Morgan fingerprint density at radius 1 is 0.918 bits per heavy atom.